The van der Waals surface area contributed by atoms with Gasteiger partial charge in [0, 0.05) is 12.6 Å². The molecule has 0 saturated heterocycles. The largest absolute Gasteiger partial charge is 0.481 e. The van der Waals surface area contributed by atoms with E-state index in [0.717, 1.165) is 17.9 Å². The quantitative estimate of drug-likeness (QED) is 0.562. The Kier molecular flexibility index (Phi) is 9.55. The first kappa shape index (κ1) is 17.1. The van der Waals surface area contributed by atoms with Crippen LogP contribution < -0.4 is 10.6 Å². The van der Waals surface area contributed by atoms with E-state index in [0.29, 0.717) is 13.0 Å². The molecule has 106 valence electrons. The predicted octanol–water partition coefficient (Wildman–Crippen LogP) is 1.93. The maximum absolute atomic E-state index is 11.5. The molecule has 0 fully saturated rings. The van der Waals surface area contributed by atoms with Crippen LogP contribution in [0.3, 0.4) is 0 Å². The number of hydrogen-bond donors (Lipinski definition) is 3. The normalized spacial score (nSPS) is 13.7. The summed E-state index contributed by atoms with van der Waals surface area (Å²) in [7, 11) is 0. The number of thioether (sulfide) groups is 1. The number of aliphatic carboxylic acids is 1. The minimum absolute atomic E-state index is 0.140. The van der Waals surface area contributed by atoms with Crippen LogP contribution in [0.2, 0.25) is 0 Å². The number of nitrogens with one attached hydrogen (secondary N) is 2. The molecule has 0 saturated carbocycles. The summed E-state index contributed by atoms with van der Waals surface area (Å²) in [5.41, 5.74) is 0. The van der Waals surface area contributed by atoms with Gasteiger partial charge in [-0.25, -0.2) is 4.79 Å². The third-order valence-electron chi connectivity index (χ3n) is 2.56. The minimum Gasteiger partial charge on any atom is -0.481 e. The molecule has 5 nitrogen and oxygen atoms in total. The summed E-state index contributed by atoms with van der Waals surface area (Å²) in [6, 6.07) is -0.0810. The molecule has 0 aromatic rings. The van der Waals surface area contributed by atoms with Crippen molar-refractivity contribution in [3.05, 3.63) is 0 Å². The van der Waals surface area contributed by atoms with Crippen LogP contribution in [0, 0.1) is 5.92 Å². The van der Waals surface area contributed by atoms with E-state index in [1.54, 1.807) is 6.92 Å². The summed E-state index contributed by atoms with van der Waals surface area (Å²) in [5, 5.41) is 14.2. The molecule has 3 N–H and O–H groups in total. The van der Waals surface area contributed by atoms with Crippen molar-refractivity contribution in [3.8, 4) is 0 Å². The lowest BCUT2D eigenvalue weighted by Gasteiger charge is -2.14. The summed E-state index contributed by atoms with van der Waals surface area (Å²) in [6.45, 7) is 6.09. The van der Waals surface area contributed by atoms with Gasteiger partial charge in [0.15, 0.2) is 0 Å². The van der Waals surface area contributed by atoms with Crippen LogP contribution in [0.4, 0.5) is 4.79 Å². The van der Waals surface area contributed by atoms with Crippen molar-refractivity contribution in [3.63, 3.8) is 0 Å². The minimum atomic E-state index is -0.831. The molecule has 0 aromatic heterocycles. The molecule has 0 aliphatic rings. The maximum atomic E-state index is 11.5. The van der Waals surface area contributed by atoms with Crippen LogP contribution in [0.1, 0.15) is 33.6 Å². The van der Waals surface area contributed by atoms with E-state index >= 15 is 0 Å². The highest BCUT2D eigenvalue weighted by atomic mass is 32.2. The summed E-state index contributed by atoms with van der Waals surface area (Å²) in [6.07, 6.45) is 1.39. The zero-order chi connectivity index (χ0) is 14.0. The molecule has 0 rings (SSSR count). The van der Waals surface area contributed by atoms with Crippen LogP contribution in [0.25, 0.3) is 0 Å². The number of carbonyl (C=O) groups excluding carboxylic acids is 1. The van der Waals surface area contributed by atoms with E-state index in [2.05, 4.69) is 17.6 Å². The molecule has 2 amide bonds. The number of urea groups is 1. The number of carboxylic acids is 1. The fraction of sp³-hybridized carbons (Fsp3) is 0.833. The van der Waals surface area contributed by atoms with Crippen molar-refractivity contribution in [1.82, 2.24) is 10.6 Å². The van der Waals surface area contributed by atoms with Crippen molar-refractivity contribution >= 4 is 23.8 Å². The molecule has 0 spiro atoms. The van der Waals surface area contributed by atoms with E-state index in [4.69, 9.17) is 5.11 Å². The van der Waals surface area contributed by atoms with E-state index in [-0.39, 0.29) is 12.1 Å². The summed E-state index contributed by atoms with van der Waals surface area (Å²) in [4.78, 5) is 22.0. The Morgan fingerprint density at radius 2 is 1.94 bits per heavy atom. The lowest BCUT2D eigenvalue weighted by atomic mass is 10.1. The van der Waals surface area contributed by atoms with Gasteiger partial charge in [0.05, 0.1) is 5.92 Å². The van der Waals surface area contributed by atoms with Gasteiger partial charge in [0.2, 0.25) is 0 Å². The van der Waals surface area contributed by atoms with Crippen LogP contribution in [0.5, 0.6) is 0 Å². The zero-order valence-corrected chi connectivity index (χ0v) is 12.2. The number of carboxylic acid groups (broad SMARTS) is 1. The van der Waals surface area contributed by atoms with Gasteiger partial charge in [-0.1, -0.05) is 13.8 Å². The van der Waals surface area contributed by atoms with Gasteiger partial charge in [-0.15, -0.1) is 0 Å². The second kappa shape index (κ2) is 10.1. The topological polar surface area (TPSA) is 78.4 Å². The van der Waals surface area contributed by atoms with Crippen molar-refractivity contribution in [1.29, 1.82) is 0 Å². The smallest absolute Gasteiger partial charge is 0.314 e. The number of carbonyl (C=O) groups is 2. The zero-order valence-electron chi connectivity index (χ0n) is 11.4. The van der Waals surface area contributed by atoms with Gasteiger partial charge in [-0.05, 0) is 31.3 Å². The summed E-state index contributed by atoms with van der Waals surface area (Å²) < 4.78 is 0. The van der Waals surface area contributed by atoms with E-state index in [1.165, 1.54) is 0 Å². The van der Waals surface area contributed by atoms with Gasteiger partial charge >= 0.3 is 12.0 Å². The Morgan fingerprint density at radius 3 is 2.50 bits per heavy atom. The number of hydrogen-bond acceptors (Lipinski definition) is 3. The monoisotopic (exact) mass is 276 g/mol. The van der Waals surface area contributed by atoms with E-state index in [1.807, 2.05) is 18.7 Å². The van der Waals surface area contributed by atoms with Crippen LogP contribution in [-0.4, -0.2) is 41.2 Å². The lowest BCUT2D eigenvalue weighted by Crippen LogP contribution is -2.41. The molecule has 0 bridgehead atoms. The molecule has 0 aromatic carbocycles. The SMILES string of the molecule is CCSCCC(C)NC(=O)NCCC(C)C(=O)O. The van der Waals surface area contributed by atoms with E-state index in [9.17, 15) is 9.59 Å². The molecule has 0 aliphatic heterocycles. The third kappa shape index (κ3) is 9.15. The van der Waals surface area contributed by atoms with Crippen LogP contribution in [-0.2, 0) is 4.79 Å². The first-order valence-corrected chi connectivity index (χ1v) is 7.47. The molecule has 0 radical (unpaired) electrons. The average molecular weight is 276 g/mol. The van der Waals surface area contributed by atoms with Crippen LogP contribution >= 0.6 is 11.8 Å². The Hall–Kier alpha value is -0.910. The fourth-order valence-corrected chi connectivity index (χ4v) is 2.09. The van der Waals surface area contributed by atoms with Gasteiger partial charge in [-0.3, -0.25) is 4.79 Å². The third-order valence-corrected chi connectivity index (χ3v) is 3.49. The molecule has 0 heterocycles. The highest BCUT2D eigenvalue weighted by Gasteiger charge is 2.11. The highest BCUT2D eigenvalue weighted by molar-refractivity contribution is 7.99. The van der Waals surface area contributed by atoms with Gasteiger partial charge < -0.3 is 15.7 Å². The lowest BCUT2D eigenvalue weighted by molar-refractivity contribution is -0.141. The van der Waals surface area contributed by atoms with Crippen molar-refractivity contribution < 1.29 is 14.7 Å². The maximum Gasteiger partial charge on any atom is 0.314 e. The van der Waals surface area contributed by atoms with Gasteiger partial charge in [0.25, 0.3) is 0 Å². The Balaban J connectivity index is 3.61. The van der Waals surface area contributed by atoms with E-state index < -0.39 is 11.9 Å². The second-order valence-electron chi connectivity index (χ2n) is 4.31. The second-order valence-corrected chi connectivity index (χ2v) is 5.71. The average Bonchev–Trinajstić information content (AvgIpc) is 2.28. The molecule has 2 atom stereocenters. The Bertz CT molecular complexity index is 262. The predicted molar refractivity (Wildman–Crippen MR) is 75.0 cm³/mol. The molecule has 6 heteroatoms. The number of rotatable bonds is 9. The Labute approximate surface area is 113 Å². The molecular weight excluding hydrogens is 252 g/mol. The molecular formula is C12H24N2O3S. The highest BCUT2D eigenvalue weighted by Crippen LogP contribution is 2.03. The molecule has 18 heavy (non-hydrogen) atoms. The summed E-state index contributed by atoms with van der Waals surface area (Å²) in [5.74, 6) is 0.867. The van der Waals surface area contributed by atoms with Crippen molar-refractivity contribution in [2.45, 2.75) is 39.7 Å². The summed E-state index contributed by atoms with van der Waals surface area (Å²) >= 11 is 1.85. The first-order valence-electron chi connectivity index (χ1n) is 6.32. The van der Waals surface area contributed by atoms with Crippen molar-refractivity contribution in [2.75, 3.05) is 18.1 Å². The first-order chi connectivity index (χ1) is 8.47. The van der Waals surface area contributed by atoms with Gasteiger partial charge in [-0.2, -0.15) is 11.8 Å². The fourth-order valence-electron chi connectivity index (χ4n) is 1.28. The standard InChI is InChI=1S/C12H24N2O3S/c1-4-18-8-6-10(3)14-12(17)13-7-5-9(2)11(15)16/h9-10H,4-8H2,1-3H3,(H,15,16)(H2,13,14,17). The molecule has 0 aliphatic carbocycles. The molecule has 2 unspecified atom stereocenters. The van der Waals surface area contributed by atoms with Gasteiger partial charge in [0.1, 0.15) is 0 Å². The number of amides is 2. The Morgan fingerprint density at radius 1 is 1.28 bits per heavy atom. The van der Waals surface area contributed by atoms with Crippen molar-refractivity contribution in [2.24, 2.45) is 5.92 Å². The van der Waals surface area contributed by atoms with Crippen LogP contribution in [0.15, 0.2) is 0 Å².